The first-order valence-electron chi connectivity index (χ1n) is 10.3. The molecule has 1 aliphatic heterocycles. The number of esters is 1. The van der Waals surface area contributed by atoms with E-state index in [1.807, 2.05) is 49.4 Å². The molecule has 0 radical (unpaired) electrons. The van der Waals surface area contributed by atoms with Crippen molar-refractivity contribution >= 4 is 16.9 Å². The van der Waals surface area contributed by atoms with Crippen molar-refractivity contribution in [2.24, 2.45) is 5.73 Å². The van der Waals surface area contributed by atoms with E-state index in [1.165, 1.54) is 0 Å². The number of rotatable bonds is 6. The van der Waals surface area contributed by atoms with Gasteiger partial charge in [0.1, 0.15) is 17.1 Å². The standard InChI is InChI=1S/C24H24N2O5/c1-3-13-30-15-11-9-14(10-12-15)18-19-21(31-22(25)20(18)24(28)29-4-2)16-7-5-6-8-17(16)26-23(19)27/h5-12,18H,3-4,13,25H2,1-2H3,(H,26,27). The fourth-order valence-electron chi connectivity index (χ4n) is 3.79. The van der Waals surface area contributed by atoms with Crippen LogP contribution in [-0.2, 0) is 9.53 Å². The van der Waals surface area contributed by atoms with Gasteiger partial charge in [-0.1, -0.05) is 31.2 Å². The molecule has 0 saturated carbocycles. The maximum atomic E-state index is 13.1. The summed E-state index contributed by atoms with van der Waals surface area (Å²) in [6, 6.07) is 14.6. The van der Waals surface area contributed by atoms with Crippen LogP contribution in [0.3, 0.4) is 0 Å². The van der Waals surface area contributed by atoms with Gasteiger partial charge in [-0.15, -0.1) is 0 Å². The van der Waals surface area contributed by atoms with E-state index < -0.39 is 11.9 Å². The lowest BCUT2D eigenvalue weighted by molar-refractivity contribution is -0.139. The van der Waals surface area contributed by atoms with Crippen LogP contribution < -0.4 is 20.8 Å². The van der Waals surface area contributed by atoms with Gasteiger partial charge in [-0.25, -0.2) is 4.79 Å². The third-order valence-corrected chi connectivity index (χ3v) is 5.15. The summed E-state index contributed by atoms with van der Waals surface area (Å²) in [6.07, 6.45) is 0.893. The molecule has 160 valence electrons. The van der Waals surface area contributed by atoms with E-state index in [2.05, 4.69) is 4.98 Å². The van der Waals surface area contributed by atoms with Gasteiger partial charge in [0, 0.05) is 5.39 Å². The summed E-state index contributed by atoms with van der Waals surface area (Å²) in [7, 11) is 0. The van der Waals surface area contributed by atoms with Crippen LogP contribution in [0.1, 0.15) is 37.3 Å². The Kier molecular flexibility index (Phi) is 5.66. The van der Waals surface area contributed by atoms with Crippen LogP contribution in [0, 0.1) is 0 Å². The number of carbonyl (C=O) groups is 1. The Hall–Kier alpha value is -3.74. The molecule has 0 spiro atoms. The predicted molar refractivity (Wildman–Crippen MR) is 117 cm³/mol. The van der Waals surface area contributed by atoms with Crippen molar-refractivity contribution in [3.05, 3.63) is 81.5 Å². The Morgan fingerprint density at radius 1 is 1.13 bits per heavy atom. The molecule has 1 unspecified atom stereocenters. The van der Waals surface area contributed by atoms with E-state index in [4.69, 9.17) is 19.9 Å². The number of benzene rings is 2. The predicted octanol–water partition coefficient (Wildman–Crippen LogP) is 3.57. The van der Waals surface area contributed by atoms with Crippen LogP contribution in [0.5, 0.6) is 11.5 Å². The Labute approximate surface area is 179 Å². The first kappa shape index (κ1) is 20.5. The molecule has 0 aliphatic carbocycles. The van der Waals surface area contributed by atoms with Gasteiger partial charge in [-0.2, -0.15) is 0 Å². The topological polar surface area (TPSA) is 104 Å². The van der Waals surface area contributed by atoms with Crippen molar-refractivity contribution in [3.8, 4) is 11.5 Å². The summed E-state index contributed by atoms with van der Waals surface area (Å²) in [4.78, 5) is 28.8. The van der Waals surface area contributed by atoms with Crippen LogP contribution in [-0.4, -0.2) is 24.2 Å². The number of hydrogen-bond donors (Lipinski definition) is 2. The second-order valence-electron chi connectivity index (χ2n) is 7.19. The van der Waals surface area contributed by atoms with Gasteiger partial charge in [0.25, 0.3) is 5.56 Å². The molecule has 1 aliphatic rings. The van der Waals surface area contributed by atoms with Gasteiger partial charge < -0.3 is 24.9 Å². The van der Waals surface area contributed by atoms with Gasteiger partial charge in [-0.3, -0.25) is 4.79 Å². The Balaban J connectivity index is 1.92. The van der Waals surface area contributed by atoms with E-state index in [0.717, 1.165) is 6.42 Å². The van der Waals surface area contributed by atoms with Crippen molar-refractivity contribution in [1.29, 1.82) is 0 Å². The molecular formula is C24H24N2O5. The fourth-order valence-corrected chi connectivity index (χ4v) is 3.79. The van der Waals surface area contributed by atoms with Crippen LogP contribution >= 0.6 is 0 Å². The molecule has 7 heteroatoms. The minimum atomic E-state index is -0.739. The monoisotopic (exact) mass is 420 g/mol. The zero-order valence-electron chi connectivity index (χ0n) is 17.4. The highest BCUT2D eigenvalue weighted by Crippen LogP contribution is 2.43. The number of H-pyrrole nitrogens is 1. The van der Waals surface area contributed by atoms with Gasteiger partial charge in [0.05, 0.1) is 30.2 Å². The third-order valence-electron chi connectivity index (χ3n) is 5.15. The summed E-state index contributed by atoms with van der Waals surface area (Å²) in [6.45, 7) is 4.52. The summed E-state index contributed by atoms with van der Waals surface area (Å²) in [5.74, 6) is -0.370. The normalized spacial score (nSPS) is 15.4. The lowest BCUT2D eigenvalue weighted by atomic mass is 9.83. The minimum Gasteiger partial charge on any atom is -0.494 e. The first-order valence-corrected chi connectivity index (χ1v) is 10.3. The second-order valence-corrected chi connectivity index (χ2v) is 7.19. The lowest BCUT2D eigenvalue weighted by Crippen LogP contribution is -2.32. The lowest BCUT2D eigenvalue weighted by Gasteiger charge is -2.28. The smallest absolute Gasteiger partial charge is 0.340 e. The van der Waals surface area contributed by atoms with Crippen LogP contribution in [0.4, 0.5) is 0 Å². The number of ether oxygens (including phenoxy) is 3. The van der Waals surface area contributed by atoms with Crippen molar-refractivity contribution in [2.45, 2.75) is 26.2 Å². The summed E-state index contributed by atoms with van der Waals surface area (Å²) in [5, 5.41) is 0.704. The number of hydrogen-bond acceptors (Lipinski definition) is 6. The molecule has 2 aromatic carbocycles. The molecule has 2 heterocycles. The van der Waals surface area contributed by atoms with Crippen molar-refractivity contribution in [1.82, 2.24) is 4.98 Å². The van der Waals surface area contributed by atoms with Gasteiger partial charge in [-0.05, 0) is 43.2 Å². The molecular weight excluding hydrogens is 396 g/mol. The fraction of sp³-hybridized carbons (Fsp3) is 0.250. The molecule has 0 saturated heterocycles. The summed E-state index contributed by atoms with van der Waals surface area (Å²) in [5.41, 5.74) is 7.62. The molecule has 1 aromatic heterocycles. The SMILES string of the molecule is CCCOc1ccc(C2C(C(=O)OCC)=C(N)Oc3c2c(=O)[nH]c2ccccc32)cc1. The van der Waals surface area contributed by atoms with E-state index in [1.54, 1.807) is 13.0 Å². The van der Waals surface area contributed by atoms with E-state index >= 15 is 0 Å². The van der Waals surface area contributed by atoms with Crippen LogP contribution in [0.25, 0.3) is 10.9 Å². The van der Waals surface area contributed by atoms with Gasteiger partial charge >= 0.3 is 5.97 Å². The molecule has 1 atom stereocenters. The van der Waals surface area contributed by atoms with Crippen LogP contribution in [0.15, 0.2) is 64.8 Å². The maximum Gasteiger partial charge on any atom is 0.340 e. The molecule has 0 bridgehead atoms. The third kappa shape index (κ3) is 3.74. The summed E-state index contributed by atoms with van der Waals surface area (Å²) < 4.78 is 16.7. The molecule has 3 aromatic rings. The summed E-state index contributed by atoms with van der Waals surface area (Å²) >= 11 is 0. The van der Waals surface area contributed by atoms with Crippen molar-refractivity contribution in [3.63, 3.8) is 0 Å². The number of fused-ring (bicyclic) bond motifs is 3. The average Bonchev–Trinajstić information content (AvgIpc) is 2.77. The van der Waals surface area contributed by atoms with E-state index in [-0.39, 0.29) is 23.6 Å². The Bertz CT molecular complexity index is 1210. The molecule has 0 amide bonds. The number of aromatic amines is 1. The number of carbonyl (C=O) groups excluding carboxylic acids is 1. The average molecular weight is 420 g/mol. The highest BCUT2D eigenvalue weighted by molar-refractivity contribution is 5.95. The molecule has 4 rings (SSSR count). The Morgan fingerprint density at radius 3 is 2.58 bits per heavy atom. The Morgan fingerprint density at radius 2 is 1.87 bits per heavy atom. The molecule has 31 heavy (non-hydrogen) atoms. The largest absolute Gasteiger partial charge is 0.494 e. The minimum absolute atomic E-state index is 0.0713. The number of para-hydroxylation sites is 1. The van der Waals surface area contributed by atoms with E-state index in [0.29, 0.717) is 40.1 Å². The zero-order valence-corrected chi connectivity index (χ0v) is 17.4. The van der Waals surface area contributed by atoms with Crippen molar-refractivity contribution < 1.29 is 19.0 Å². The van der Waals surface area contributed by atoms with Gasteiger partial charge in [0.2, 0.25) is 5.88 Å². The second kappa shape index (κ2) is 8.55. The maximum absolute atomic E-state index is 13.1. The van der Waals surface area contributed by atoms with Crippen LogP contribution in [0.2, 0.25) is 0 Å². The van der Waals surface area contributed by atoms with Crippen molar-refractivity contribution in [2.75, 3.05) is 13.2 Å². The number of nitrogens with two attached hydrogens (primary N) is 1. The number of aromatic nitrogens is 1. The molecule has 7 nitrogen and oxygen atoms in total. The first-order chi connectivity index (χ1) is 15.0. The van der Waals surface area contributed by atoms with E-state index in [9.17, 15) is 9.59 Å². The van der Waals surface area contributed by atoms with Gasteiger partial charge in [0.15, 0.2) is 0 Å². The highest BCUT2D eigenvalue weighted by atomic mass is 16.5. The number of pyridine rings is 1. The zero-order chi connectivity index (χ0) is 22.0. The quantitative estimate of drug-likeness (QED) is 0.591. The highest BCUT2D eigenvalue weighted by Gasteiger charge is 2.38. The number of nitrogens with one attached hydrogen (secondary N) is 1. The molecule has 0 fully saturated rings. The molecule has 3 N–H and O–H groups in total.